The first-order valence-corrected chi connectivity index (χ1v) is 11.7. The van der Waals surface area contributed by atoms with E-state index >= 15 is 0 Å². The lowest BCUT2D eigenvalue weighted by atomic mass is 9.79. The van der Waals surface area contributed by atoms with Crippen molar-refractivity contribution in [3.63, 3.8) is 0 Å². The van der Waals surface area contributed by atoms with Crippen LogP contribution in [0.15, 0.2) is 53.5 Å². The minimum atomic E-state index is -1.39. The van der Waals surface area contributed by atoms with Crippen LogP contribution in [0.2, 0.25) is 0 Å². The van der Waals surface area contributed by atoms with Crippen LogP contribution in [0.5, 0.6) is 0 Å². The SMILES string of the molecule is CN1C(=O)[C@@](NC(=O)Nc2cccc(Nc3nnn[nH]3)c2)(C2CCCCC2)N=Cc2ccccc21. The van der Waals surface area contributed by atoms with Gasteiger partial charge in [-0.3, -0.25) is 9.79 Å². The molecule has 0 unspecified atom stereocenters. The van der Waals surface area contributed by atoms with Gasteiger partial charge in [-0.05, 0) is 47.5 Å². The number of benzene rings is 2. The van der Waals surface area contributed by atoms with E-state index in [1.807, 2.05) is 30.3 Å². The molecule has 0 bridgehead atoms. The number of nitrogens with one attached hydrogen (secondary N) is 4. The van der Waals surface area contributed by atoms with Crippen molar-refractivity contribution >= 4 is 41.2 Å². The predicted molar refractivity (Wildman–Crippen MR) is 133 cm³/mol. The molecule has 5 rings (SSSR count). The van der Waals surface area contributed by atoms with E-state index in [9.17, 15) is 9.59 Å². The van der Waals surface area contributed by atoms with Crippen LogP contribution in [-0.4, -0.2) is 51.5 Å². The van der Waals surface area contributed by atoms with Gasteiger partial charge in [-0.25, -0.2) is 9.89 Å². The first-order valence-electron chi connectivity index (χ1n) is 11.7. The predicted octanol–water partition coefficient (Wildman–Crippen LogP) is 3.44. The van der Waals surface area contributed by atoms with Gasteiger partial charge in [0.2, 0.25) is 11.6 Å². The van der Waals surface area contributed by atoms with Crippen molar-refractivity contribution < 1.29 is 9.59 Å². The molecule has 2 aromatic carbocycles. The van der Waals surface area contributed by atoms with Crippen LogP contribution in [-0.2, 0) is 4.79 Å². The number of carbonyl (C=O) groups is 2. The highest BCUT2D eigenvalue weighted by Crippen LogP contribution is 2.38. The fourth-order valence-corrected chi connectivity index (χ4v) is 4.84. The number of benzodiazepines with no additional fused rings is 1. The highest BCUT2D eigenvalue weighted by Gasteiger charge is 2.49. The molecule has 3 amide bonds. The summed E-state index contributed by atoms with van der Waals surface area (Å²) in [6.45, 7) is 0. The van der Waals surface area contributed by atoms with Crippen LogP contribution in [0.25, 0.3) is 0 Å². The number of fused-ring (bicyclic) bond motifs is 1. The molecule has 1 aliphatic heterocycles. The summed E-state index contributed by atoms with van der Waals surface area (Å²) in [4.78, 5) is 33.5. The maximum atomic E-state index is 13.9. The number of tetrazole rings is 1. The number of amides is 3. The Morgan fingerprint density at radius 3 is 2.69 bits per heavy atom. The Bertz CT molecular complexity index is 1240. The molecule has 11 nitrogen and oxygen atoms in total. The van der Waals surface area contributed by atoms with E-state index in [0.29, 0.717) is 17.3 Å². The molecule has 3 aromatic rings. The molecular weight excluding hydrogens is 446 g/mol. The number of anilines is 4. The molecule has 11 heteroatoms. The van der Waals surface area contributed by atoms with E-state index in [2.05, 4.69) is 36.6 Å². The maximum absolute atomic E-state index is 13.9. The van der Waals surface area contributed by atoms with Gasteiger partial charge in [0.05, 0.1) is 5.69 Å². The number of nitrogens with zero attached hydrogens (tertiary/aromatic N) is 5. The van der Waals surface area contributed by atoms with E-state index in [1.54, 1.807) is 36.4 Å². The Labute approximate surface area is 202 Å². The first kappa shape index (κ1) is 22.5. The fourth-order valence-electron chi connectivity index (χ4n) is 4.84. The Hall–Kier alpha value is -4.28. The first-order chi connectivity index (χ1) is 17.0. The lowest BCUT2D eigenvalue weighted by Gasteiger charge is -2.40. The van der Waals surface area contributed by atoms with Crippen molar-refractivity contribution in [1.82, 2.24) is 25.9 Å². The second-order valence-electron chi connectivity index (χ2n) is 8.82. The molecule has 1 saturated carbocycles. The fraction of sp³-hybridized carbons (Fsp3) is 0.333. The van der Waals surface area contributed by atoms with Gasteiger partial charge >= 0.3 is 6.03 Å². The summed E-state index contributed by atoms with van der Waals surface area (Å²) in [5, 5.41) is 22.3. The Morgan fingerprint density at radius 1 is 1.09 bits per heavy atom. The van der Waals surface area contributed by atoms with Crippen molar-refractivity contribution in [3.05, 3.63) is 54.1 Å². The van der Waals surface area contributed by atoms with Crippen LogP contribution >= 0.6 is 0 Å². The van der Waals surface area contributed by atoms with Gasteiger partial charge in [0.1, 0.15) is 0 Å². The van der Waals surface area contributed by atoms with E-state index in [0.717, 1.165) is 43.4 Å². The third-order valence-corrected chi connectivity index (χ3v) is 6.56. The van der Waals surface area contributed by atoms with Gasteiger partial charge in [-0.1, -0.05) is 48.6 Å². The average Bonchev–Trinajstić information content (AvgIpc) is 3.36. The van der Waals surface area contributed by atoms with Crippen molar-refractivity contribution in [3.8, 4) is 0 Å². The van der Waals surface area contributed by atoms with Gasteiger partial charge in [0, 0.05) is 36.1 Å². The maximum Gasteiger partial charge on any atom is 0.321 e. The van der Waals surface area contributed by atoms with Crippen molar-refractivity contribution in [1.29, 1.82) is 0 Å². The van der Waals surface area contributed by atoms with Gasteiger partial charge in [0.15, 0.2) is 0 Å². The zero-order valence-corrected chi connectivity index (χ0v) is 19.4. The number of para-hydroxylation sites is 1. The molecule has 180 valence electrons. The quantitative estimate of drug-likeness (QED) is 0.447. The van der Waals surface area contributed by atoms with Crippen molar-refractivity contribution in [2.24, 2.45) is 10.9 Å². The Balaban J connectivity index is 1.41. The standard InChI is InChI=1S/C24H27N9O2/c1-33-20-13-6-5-8-16(20)15-25-24(21(33)34,17-9-3-2-4-10-17)28-23(35)27-19-12-7-11-18(14-19)26-22-29-31-32-30-22/h5-8,11-15,17H,2-4,9-10H2,1H3,(H2,27,28,35)(H2,26,29,30,31,32)/t24-/m0/s1. The molecule has 35 heavy (non-hydrogen) atoms. The summed E-state index contributed by atoms with van der Waals surface area (Å²) >= 11 is 0. The van der Waals surface area contributed by atoms with Crippen molar-refractivity contribution in [2.45, 2.75) is 37.8 Å². The summed E-state index contributed by atoms with van der Waals surface area (Å²) in [6.07, 6.45) is 6.46. The van der Waals surface area contributed by atoms with E-state index in [4.69, 9.17) is 4.99 Å². The summed E-state index contributed by atoms with van der Waals surface area (Å²) in [5.74, 6) is 0.0345. The molecule has 0 saturated heterocycles. The second-order valence-corrected chi connectivity index (χ2v) is 8.82. The molecule has 1 atom stereocenters. The van der Waals surface area contributed by atoms with Gasteiger partial charge in [-0.2, -0.15) is 0 Å². The van der Waals surface area contributed by atoms with Crippen LogP contribution in [0.3, 0.4) is 0 Å². The van der Waals surface area contributed by atoms with Crippen LogP contribution < -0.4 is 20.9 Å². The lowest BCUT2D eigenvalue weighted by Crippen LogP contribution is -2.63. The highest BCUT2D eigenvalue weighted by atomic mass is 16.2. The topological polar surface area (TPSA) is 140 Å². The lowest BCUT2D eigenvalue weighted by molar-refractivity contribution is -0.126. The Morgan fingerprint density at radius 2 is 1.89 bits per heavy atom. The zero-order valence-electron chi connectivity index (χ0n) is 19.4. The van der Waals surface area contributed by atoms with Crippen LogP contribution in [0.4, 0.5) is 27.8 Å². The third-order valence-electron chi connectivity index (χ3n) is 6.56. The number of hydrogen-bond donors (Lipinski definition) is 4. The van der Waals surface area contributed by atoms with Gasteiger partial charge in [0.25, 0.3) is 5.91 Å². The normalized spacial score (nSPS) is 20.1. The number of urea groups is 1. The number of aromatic amines is 1. The number of H-pyrrole nitrogens is 1. The smallest absolute Gasteiger partial charge is 0.321 e. The second kappa shape index (κ2) is 9.53. The monoisotopic (exact) mass is 473 g/mol. The van der Waals surface area contributed by atoms with E-state index in [-0.39, 0.29) is 11.8 Å². The Kier molecular flexibility index (Phi) is 6.13. The molecular formula is C24H27N9O2. The molecule has 0 spiro atoms. The number of rotatable bonds is 5. The molecule has 1 aromatic heterocycles. The number of aliphatic imine (C=N–C) groups is 1. The van der Waals surface area contributed by atoms with Crippen LogP contribution in [0, 0.1) is 5.92 Å². The van der Waals surface area contributed by atoms with E-state index < -0.39 is 11.7 Å². The molecule has 2 heterocycles. The summed E-state index contributed by atoms with van der Waals surface area (Å²) in [7, 11) is 1.74. The number of hydrogen-bond acceptors (Lipinski definition) is 7. The summed E-state index contributed by atoms with van der Waals surface area (Å²) < 4.78 is 0. The number of carbonyl (C=O) groups excluding carboxylic acids is 2. The average molecular weight is 474 g/mol. The summed E-state index contributed by atoms with van der Waals surface area (Å²) in [5.41, 5.74) is 1.44. The highest BCUT2D eigenvalue weighted by molar-refractivity contribution is 6.09. The molecule has 1 aliphatic carbocycles. The molecule has 0 radical (unpaired) electrons. The van der Waals surface area contributed by atoms with E-state index in [1.165, 1.54) is 0 Å². The minimum Gasteiger partial charge on any atom is -0.323 e. The summed E-state index contributed by atoms with van der Waals surface area (Å²) in [6, 6.07) is 14.2. The number of aromatic nitrogens is 4. The number of likely N-dealkylation sites (N-methyl/N-ethyl adjacent to an activating group) is 1. The largest absolute Gasteiger partial charge is 0.323 e. The van der Waals surface area contributed by atoms with Crippen molar-refractivity contribution in [2.75, 3.05) is 22.6 Å². The van der Waals surface area contributed by atoms with Gasteiger partial charge < -0.3 is 20.9 Å². The van der Waals surface area contributed by atoms with Crippen LogP contribution in [0.1, 0.15) is 37.7 Å². The molecule has 1 fully saturated rings. The minimum absolute atomic E-state index is 0.102. The molecule has 4 N–H and O–H groups in total. The zero-order chi connectivity index (χ0) is 24.3. The third kappa shape index (κ3) is 4.57. The molecule has 2 aliphatic rings. The van der Waals surface area contributed by atoms with Gasteiger partial charge in [-0.15, -0.1) is 0 Å².